The van der Waals surface area contributed by atoms with Gasteiger partial charge in [0.15, 0.2) is 0 Å². The molecule has 2 heterocycles. The van der Waals surface area contributed by atoms with Gasteiger partial charge in [0.25, 0.3) is 5.91 Å². The molecule has 1 saturated heterocycles. The summed E-state index contributed by atoms with van der Waals surface area (Å²) in [6.45, 7) is 2.95. The lowest BCUT2D eigenvalue weighted by molar-refractivity contribution is -0.929. The maximum absolute atomic E-state index is 12.7. The number of ether oxygens (including phenoxy) is 2. The Balaban J connectivity index is 0.00000272. The van der Waals surface area contributed by atoms with E-state index in [1.165, 1.54) is 5.56 Å². The molecule has 0 radical (unpaired) electrons. The highest BCUT2D eigenvalue weighted by Gasteiger charge is 2.30. The molecule has 2 aromatic rings. The van der Waals surface area contributed by atoms with Gasteiger partial charge in [0, 0.05) is 34.1 Å². The molecule has 0 spiro atoms. The summed E-state index contributed by atoms with van der Waals surface area (Å²) in [5.74, 6) is 0.663. The van der Waals surface area contributed by atoms with Gasteiger partial charge in [-0.1, -0.05) is 28.1 Å². The van der Waals surface area contributed by atoms with Gasteiger partial charge >= 0.3 is 0 Å². The van der Waals surface area contributed by atoms with Gasteiger partial charge < -0.3 is 43.3 Å². The molecular weight excluding hydrogens is 571 g/mol. The fourth-order valence-electron chi connectivity index (χ4n) is 4.17. The highest BCUT2D eigenvalue weighted by molar-refractivity contribution is 9.10. The molecule has 0 aromatic heterocycles. The summed E-state index contributed by atoms with van der Waals surface area (Å²) in [7, 11) is 4.58. The molecule has 0 saturated carbocycles. The van der Waals surface area contributed by atoms with Crippen LogP contribution in [0.1, 0.15) is 24.0 Å². The summed E-state index contributed by atoms with van der Waals surface area (Å²) >= 11 is 3.46. The molecule has 2 aliphatic rings. The number of halogens is 2. The largest absolute Gasteiger partial charge is 1.00 e. The van der Waals surface area contributed by atoms with E-state index in [4.69, 9.17) is 9.47 Å². The number of hydrogen-bond acceptors (Lipinski definition) is 3. The van der Waals surface area contributed by atoms with Crippen LogP contribution in [0.3, 0.4) is 0 Å². The third-order valence-corrected chi connectivity index (χ3v) is 6.45. The number of anilines is 1. The third-order valence-electron chi connectivity index (χ3n) is 5.96. The molecule has 4 rings (SSSR count). The van der Waals surface area contributed by atoms with E-state index >= 15 is 0 Å². The van der Waals surface area contributed by atoms with Crippen LogP contribution in [-0.2, 0) is 16.1 Å². The predicted octanol–water partition coefficient (Wildman–Crippen LogP) is 1.62. The summed E-state index contributed by atoms with van der Waals surface area (Å²) in [4.78, 5) is 12.7. The lowest BCUT2D eigenvalue weighted by Crippen LogP contribution is -3.00. The zero-order valence-corrected chi connectivity index (χ0v) is 21.6. The normalized spacial score (nSPS) is 16.4. The van der Waals surface area contributed by atoms with Crippen molar-refractivity contribution in [3.8, 4) is 5.75 Å². The van der Waals surface area contributed by atoms with Gasteiger partial charge in [-0.3, -0.25) is 4.79 Å². The molecule has 0 atom stereocenters. The minimum absolute atomic E-state index is 0. The summed E-state index contributed by atoms with van der Waals surface area (Å²) in [5, 5.41) is 2.99. The van der Waals surface area contributed by atoms with Gasteiger partial charge in [0.2, 0.25) is 0 Å². The second-order valence-corrected chi connectivity index (χ2v) is 9.49. The maximum atomic E-state index is 12.7. The van der Waals surface area contributed by atoms with Gasteiger partial charge in [0.05, 0.1) is 38.9 Å². The highest BCUT2D eigenvalue weighted by atomic mass is 127. The Morgan fingerprint density at radius 1 is 1.13 bits per heavy atom. The zero-order chi connectivity index (χ0) is 21.1. The molecule has 31 heavy (non-hydrogen) atoms. The summed E-state index contributed by atoms with van der Waals surface area (Å²) < 4.78 is 13.1. The number of nitrogens with zero attached hydrogens (tertiary/aromatic N) is 1. The van der Waals surface area contributed by atoms with Crippen molar-refractivity contribution in [3.63, 3.8) is 0 Å². The number of carbonyl (C=O) groups excluding carboxylic acids is 1. The number of amides is 1. The van der Waals surface area contributed by atoms with E-state index in [1.54, 1.807) is 0 Å². The second-order valence-electron chi connectivity index (χ2n) is 8.57. The Bertz CT molecular complexity index is 954. The molecule has 0 aliphatic carbocycles. The van der Waals surface area contributed by atoms with E-state index in [0.717, 1.165) is 58.6 Å². The summed E-state index contributed by atoms with van der Waals surface area (Å²) in [5.41, 5.74) is 3.58. The van der Waals surface area contributed by atoms with E-state index in [1.807, 2.05) is 36.4 Å². The molecule has 7 heteroatoms. The van der Waals surface area contributed by atoms with Crippen LogP contribution >= 0.6 is 15.9 Å². The number of hydrogen-bond donors (Lipinski definition) is 1. The first kappa shape index (κ1) is 24.2. The number of benzene rings is 2. The van der Waals surface area contributed by atoms with E-state index < -0.39 is 0 Å². The number of fused-ring (bicyclic) bond motifs is 1. The Hall–Kier alpha value is -1.42. The topological polar surface area (TPSA) is 47.6 Å². The highest BCUT2D eigenvalue weighted by Crippen LogP contribution is 2.29. The first-order chi connectivity index (χ1) is 14.4. The van der Waals surface area contributed by atoms with E-state index in [-0.39, 0.29) is 36.5 Å². The fraction of sp³-hybridized carbons (Fsp3) is 0.375. The Kier molecular flexibility index (Phi) is 8.18. The molecular formula is C24H28BrIN2O3. The zero-order valence-electron chi connectivity index (χ0n) is 17.9. The van der Waals surface area contributed by atoms with Gasteiger partial charge in [-0.05, 0) is 36.4 Å². The van der Waals surface area contributed by atoms with Crippen LogP contribution in [-0.4, -0.2) is 50.3 Å². The Morgan fingerprint density at radius 3 is 2.55 bits per heavy atom. The van der Waals surface area contributed by atoms with Gasteiger partial charge in [-0.25, -0.2) is 0 Å². The third kappa shape index (κ3) is 6.09. The molecule has 0 bridgehead atoms. The summed E-state index contributed by atoms with van der Waals surface area (Å²) in [6.07, 6.45) is 4.11. The average molecular weight is 599 g/mol. The molecule has 1 N–H and O–H groups in total. The number of rotatable bonds is 5. The average Bonchev–Trinajstić information content (AvgIpc) is 2.75. The van der Waals surface area contributed by atoms with Crippen molar-refractivity contribution in [3.05, 3.63) is 63.6 Å². The van der Waals surface area contributed by atoms with Crippen molar-refractivity contribution in [1.29, 1.82) is 0 Å². The van der Waals surface area contributed by atoms with Crippen LogP contribution < -0.4 is 34.0 Å². The van der Waals surface area contributed by atoms with Crippen molar-refractivity contribution in [2.24, 2.45) is 0 Å². The second kappa shape index (κ2) is 10.5. The van der Waals surface area contributed by atoms with Crippen molar-refractivity contribution in [2.45, 2.75) is 25.4 Å². The molecule has 1 fully saturated rings. The van der Waals surface area contributed by atoms with Crippen LogP contribution in [0.2, 0.25) is 0 Å². The standard InChI is InChI=1S/C24H27BrN2O3.HI/c1-27(2,22-9-11-29-12-10-22)15-17-3-6-21(7-4-17)26-24(28)19-13-18-14-20(25)5-8-23(18)30-16-19;/h3-8,13-14,22H,9-12,15-16H2,1-2H3;1H. The molecule has 166 valence electrons. The van der Waals surface area contributed by atoms with Gasteiger partial charge in [-0.2, -0.15) is 0 Å². The van der Waals surface area contributed by atoms with Crippen LogP contribution in [0.4, 0.5) is 5.69 Å². The number of carbonyl (C=O) groups is 1. The number of nitrogens with one attached hydrogen (secondary N) is 1. The van der Waals surface area contributed by atoms with Gasteiger partial charge in [-0.15, -0.1) is 0 Å². The van der Waals surface area contributed by atoms with Crippen molar-refractivity contribution >= 4 is 33.6 Å². The first-order valence-corrected chi connectivity index (χ1v) is 11.1. The molecule has 0 unspecified atom stereocenters. The molecule has 5 nitrogen and oxygen atoms in total. The lowest BCUT2D eigenvalue weighted by atomic mass is 10.0. The van der Waals surface area contributed by atoms with E-state index in [2.05, 4.69) is 47.5 Å². The predicted molar refractivity (Wildman–Crippen MR) is 122 cm³/mol. The lowest BCUT2D eigenvalue weighted by Gasteiger charge is -2.40. The van der Waals surface area contributed by atoms with E-state index in [0.29, 0.717) is 11.6 Å². The van der Waals surface area contributed by atoms with E-state index in [9.17, 15) is 4.79 Å². The maximum Gasteiger partial charge on any atom is 0.255 e. The van der Waals surface area contributed by atoms with Crippen LogP contribution in [0.5, 0.6) is 5.75 Å². The smallest absolute Gasteiger partial charge is 0.255 e. The quantitative estimate of drug-likeness (QED) is 0.420. The SMILES string of the molecule is C[N+](C)(Cc1ccc(NC(=O)C2=Cc3cc(Br)ccc3OC2)cc1)C1CCOCC1.[I-]. The monoisotopic (exact) mass is 598 g/mol. The van der Waals surface area contributed by atoms with Crippen molar-refractivity contribution in [2.75, 3.05) is 39.2 Å². The fourth-order valence-corrected chi connectivity index (χ4v) is 4.55. The van der Waals surface area contributed by atoms with Crippen LogP contribution in [0.15, 0.2) is 52.5 Å². The molecule has 2 aromatic carbocycles. The molecule has 2 aliphatic heterocycles. The number of quaternary nitrogens is 1. The molecule has 1 amide bonds. The van der Waals surface area contributed by atoms with Crippen LogP contribution in [0.25, 0.3) is 6.08 Å². The Labute approximate surface area is 209 Å². The van der Waals surface area contributed by atoms with Crippen molar-refractivity contribution in [1.82, 2.24) is 0 Å². The van der Waals surface area contributed by atoms with Gasteiger partial charge in [0.1, 0.15) is 18.9 Å². The minimum Gasteiger partial charge on any atom is -1.00 e. The van der Waals surface area contributed by atoms with Crippen LogP contribution in [0, 0.1) is 0 Å². The minimum atomic E-state index is -0.133. The van der Waals surface area contributed by atoms with Crippen molar-refractivity contribution < 1.29 is 42.7 Å². The first-order valence-electron chi connectivity index (χ1n) is 10.3. The summed E-state index contributed by atoms with van der Waals surface area (Å²) in [6, 6.07) is 14.6. The Morgan fingerprint density at radius 2 is 1.84 bits per heavy atom.